The molecule has 1 heterocycles. The third-order valence-corrected chi connectivity index (χ3v) is 2.55. The highest BCUT2D eigenvalue weighted by atomic mass is 16.5. The van der Waals surface area contributed by atoms with Crippen LogP contribution in [-0.2, 0) is 4.74 Å². The van der Waals surface area contributed by atoms with Gasteiger partial charge in [0.25, 0.3) is 0 Å². The molecule has 0 amide bonds. The first-order chi connectivity index (χ1) is 5.54. The lowest BCUT2D eigenvalue weighted by atomic mass is 9.88. The first kappa shape index (κ1) is 10.0. The van der Waals surface area contributed by atoms with Gasteiger partial charge in [0.1, 0.15) is 0 Å². The van der Waals surface area contributed by atoms with E-state index in [-0.39, 0.29) is 5.41 Å². The van der Waals surface area contributed by atoms with Crippen LogP contribution in [0.5, 0.6) is 0 Å². The molecule has 0 radical (unpaired) electrons. The lowest BCUT2D eigenvalue weighted by Gasteiger charge is -2.37. The molecular weight excluding hydrogens is 150 g/mol. The first-order valence-corrected chi connectivity index (χ1v) is 4.89. The zero-order valence-corrected chi connectivity index (χ0v) is 8.68. The van der Waals surface area contributed by atoms with Gasteiger partial charge in [-0.05, 0) is 11.8 Å². The molecule has 72 valence electrons. The van der Waals surface area contributed by atoms with Crippen molar-refractivity contribution in [1.29, 1.82) is 0 Å². The summed E-state index contributed by atoms with van der Waals surface area (Å²) in [6, 6.07) is 0.573. The Kier molecular flexibility index (Phi) is 3.13. The van der Waals surface area contributed by atoms with Crippen molar-refractivity contribution in [1.82, 2.24) is 5.32 Å². The van der Waals surface area contributed by atoms with Crippen LogP contribution in [0.25, 0.3) is 0 Å². The molecule has 1 N–H and O–H groups in total. The Morgan fingerprint density at radius 3 is 2.42 bits per heavy atom. The Balaban J connectivity index is 2.36. The number of morpholine rings is 1. The van der Waals surface area contributed by atoms with Gasteiger partial charge in [-0.25, -0.2) is 0 Å². The first-order valence-electron chi connectivity index (χ1n) is 4.89. The maximum absolute atomic E-state index is 5.78. The fourth-order valence-electron chi connectivity index (χ4n) is 1.44. The molecule has 1 aliphatic heterocycles. The van der Waals surface area contributed by atoms with Crippen LogP contribution in [-0.4, -0.2) is 25.3 Å². The van der Waals surface area contributed by atoms with E-state index in [1.807, 2.05) is 0 Å². The van der Waals surface area contributed by atoms with Crippen molar-refractivity contribution in [2.24, 2.45) is 5.41 Å². The second-order valence-corrected chi connectivity index (χ2v) is 4.70. The second kappa shape index (κ2) is 3.75. The van der Waals surface area contributed by atoms with Gasteiger partial charge in [0.2, 0.25) is 0 Å². The zero-order chi connectivity index (χ0) is 9.19. The van der Waals surface area contributed by atoms with E-state index < -0.39 is 0 Å². The highest BCUT2D eigenvalue weighted by Gasteiger charge is 2.29. The average Bonchev–Trinajstić information content (AvgIpc) is 2.03. The Hall–Kier alpha value is -0.0800. The summed E-state index contributed by atoms with van der Waals surface area (Å²) in [7, 11) is 0. The largest absolute Gasteiger partial charge is 0.375 e. The van der Waals surface area contributed by atoms with Crippen molar-refractivity contribution in [3.8, 4) is 0 Å². The molecule has 1 saturated heterocycles. The van der Waals surface area contributed by atoms with E-state index in [2.05, 4.69) is 33.0 Å². The van der Waals surface area contributed by atoms with Gasteiger partial charge in [-0.2, -0.15) is 0 Å². The third-order valence-electron chi connectivity index (χ3n) is 2.55. The average molecular weight is 171 g/mol. The Bertz CT molecular complexity index is 131. The maximum atomic E-state index is 5.78. The quantitative estimate of drug-likeness (QED) is 0.649. The van der Waals surface area contributed by atoms with Gasteiger partial charge in [-0.3, -0.25) is 0 Å². The summed E-state index contributed by atoms with van der Waals surface area (Å²) in [5, 5.41) is 3.50. The predicted octanol–water partition coefficient (Wildman–Crippen LogP) is 1.80. The van der Waals surface area contributed by atoms with Crippen LogP contribution < -0.4 is 5.32 Å². The summed E-state index contributed by atoms with van der Waals surface area (Å²) in [4.78, 5) is 0. The van der Waals surface area contributed by atoms with E-state index >= 15 is 0 Å². The lowest BCUT2D eigenvalue weighted by Crippen LogP contribution is -2.50. The van der Waals surface area contributed by atoms with Gasteiger partial charge in [-0.15, -0.1) is 0 Å². The van der Waals surface area contributed by atoms with Gasteiger partial charge in [0, 0.05) is 12.6 Å². The van der Waals surface area contributed by atoms with Crippen molar-refractivity contribution in [3.63, 3.8) is 0 Å². The van der Waals surface area contributed by atoms with Gasteiger partial charge >= 0.3 is 0 Å². The zero-order valence-electron chi connectivity index (χ0n) is 8.68. The van der Waals surface area contributed by atoms with Crippen LogP contribution in [0.2, 0.25) is 0 Å². The van der Waals surface area contributed by atoms with Gasteiger partial charge in [-0.1, -0.05) is 27.7 Å². The Morgan fingerprint density at radius 1 is 1.42 bits per heavy atom. The van der Waals surface area contributed by atoms with Gasteiger partial charge < -0.3 is 10.1 Å². The molecule has 2 heteroatoms. The molecule has 0 spiro atoms. The van der Waals surface area contributed by atoms with Crippen LogP contribution in [0.15, 0.2) is 0 Å². The summed E-state index contributed by atoms with van der Waals surface area (Å²) in [6.45, 7) is 10.8. The molecule has 2 nitrogen and oxygen atoms in total. The van der Waals surface area contributed by atoms with Gasteiger partial charge in [0.15, 0.2) is 0 Å². The fraction of sp³-hybridized carbons (Fsp3) is 1.00. The van der Waals surface area contributed by atoms with E-state index in [0.717, 1.165) is 19.6 Å². The minimum Gasteiger partial charge on any atom is -0.375 e. The molecular formula is C10H21NO. The number of hydrogen-bond donors (Lipinski definition) is 1. The van der Waals surface area contributed by atoms with Crippen molar-refractivity contribution in [2.45, 2.75) is 46.3 Å². The molecule has 0 saturated carbocycles. The molecule has 0 aromatic rings. The fourth-order valence-corrected chi connectivity index (χ4v) is 1.44. The van der Waals surface area contributed by atoms with E-state index in [1.165, 1.54) is 0 Å². The summed E-state index contributed by atoms with van der Waals surface area (Å²) < 4.78 is 5.78. The Morgan fingerprint density at radius 2 is 2.08 bits per heavy atom. The molecule has 1 rings (SSSR count). The summed E-state index contributed by atoms with van der Waals surface area (Å²) >= 11 is 0. The number of ether oxygens (including phenoxy) is 1. The minimum atomic E-state index is 0.270. The second-order valence-electron chi connectivity index (χ2n) is 4.70. The molecule has 0 aromatic carbocycles. The summed E-state index contributed by atoms with van der Waals surface area (Å²) in [5.74, 6) is 0. The van der Waals surface area contributed by atoms with Crippen LogP contribution >= 0.6 is 0 Å². The molecule has 2 unspecified atom stereocenters. The van der Waals surface area contributed by atoms with Crippen LogP contribution in [0.3, 0.4) is 0 Å². The van der Waals surface area contributed by atoms with Crippen molar-refractivity contribution in [2.75, 3.05) is 13.2 Å². The van der Waals surface area contributed by atoms with E-state index in [1.54, 1.807) is 0 Å². The smallest absolute Gasteiger partial charge is 0.0748 e. The highest BCUT2D eigenvalue weighted by Crippen LogP contribution is 2.23. The predicted molar refractivity (Wildman–Crippen MR) is 51.3 cm³/mol. The molecule has 0 aliphatic carbocycles. The maximum Gasteiger partial charge on any atom is 0.0748 e. The van der Waals surface area contributed by atoms with Crippen molar-refractivity contribution in [3.05, 3.63) is 0 Å². The number of rotatable bonds is 1. The molecule has 12 heavy (non-hydrogen) atoms. The summed E-state index contributed by atoms with van der Waals surface area (Å²) in [5.41, 5.74) is 0.270. The topological polar surface area (TPSA) is 21.3 Å². The van der Waals surface area contributed by atoms with Crippen molar-refractivity contribution < 1.29 is 4.74 Å². The van der Waals surface area contributed by atoms with E-state index in [0.29, 0.717) is 12.1 Å². The molecule has 1 fully saturated rings. The normalized spacial score (nSPS) is 32.0. The molecule has 1 aliphatic rings. The van der Waals surface area contributed by atoms with Crippen molar-refractivity contribution >= 4 is 0 Å². The van der Waals surface area contributed by atoms with Crippen LogP contribution in [0, 0.1) is 5.41 Å². The standard InChI is InChI=1S/C10H21NO/c1-5-8-7-12-9(6-11-8)10(2,3)4/h8-9,11H,5-7H2,1-4H3. The molecule has 0 bridgehead atoms. The minimum absolute atomic E-state index is 0.270. The van der Waals surface area contributed by atoms with Crippen LogP contribution in [0.1, 0.15) is 34.1 Å². The number of nitrogens with one attached hydrogen (secondary N) is 1. The monoisotopic (exact) mass is 171 g/mol. The highest BCUT2D eigenvalue weighted by molar-refractivity contribution is 4.82. The van der Waals surface area contributed by atoms with E-state index in [9.17, 15) is 0 Å². The van der Waals surface area contributed by atoms with Crippen LogP contribution in [0.4, 0.5) is 0 Å². The van der Waals surface area contributed by atoms with E-state index in [4.69, 9.17) is 4.74 Å². The van der Waals surface area contributed by atoms with Gasteiger partial charge in [0.05, 0.1) is 12.7 Å². The Labute approximate surface area is 75.7 Å². The molecule has 2 atom stereocenters. The SMILES string of the molecule is CCC1COC(C(C)(C)C)CN1. The lowest BCUT2D eigenvalue weighted by molar-refractivity contribution is -0.0540. The molecule has 0 aromatic heterocycles. The summed E-state index contributed by atoms with van der Waals surface area (Å²) in [6.07, 6.45) is 1.54. The third kappa shape index (κ3) is 2.46. The number of hydrogen-bond acceptors (Lipinski definition) is 2.